The third-order valence-electron chi connectivity index (χ3n) is 4.31. The molecule has 2 rings (SSSR count). The number of ether oxygens (including phenoxy) is 1. The molecule has 1 aromatic heterocycles. The van der Waals surface area contributed by atoms with Gasteiger partial charge in [-0.1, -0.05) is 41.5 Å². The third kappa shape index (κ3) is 5.31. The summed E-state index contributed by atoms with van der Waals surface area (Å²) < 4.78 is 5.63. The van der Waals surface area contributed by atoms with Crippen LogP contribution in [0.2, 0.25) is 0 Å². The number of carbonyl (C=O) groups is 3. The maximum Gasteiger partial charge on any atom is 0.313 e. The van der Waals surface area contributed by atoms with E-state index in [1.54, 1.807) is 47.6 Å². The number of rotatable bonds is 6. The largest absolute Gasteiger partial charge is 0.422 e. The molecule has 0 fully saturated rings. The van der Waals surface area contributed by atoms with E-state index in [4.69, 9.17) is 4.74 Å². The second-order valence-electron chi connectivity index (χ2n) is 8.01. The molecule has 7 nitrogen and oxygen atoms in total. The van der Waals surface area contributed by atoms with Crippen LogP contribution in [0.4, 0.5) is 11.4 Å². The first-order chi connectivity index (χ1) is 13.5. The Hall–Kier alpha value is -2.96. The molecule has 0 bridgehead atoms. The molecule has 0 saturated heterocycles. The van der Waals surface area contributed by atoms with Crippen molar-refractivity contribution in [2.45, 2.75) is 48.5 Å². The van der Waals surface area contributed by atoms with Gasteiger partial charge in [0, 0.05) is 22.9 Å². The molecule has 156 valence electrons. The molecule has 7 heteroatoms. The second kappa shape index (κ2) is 9.03. The van der Waals surface area contributed by atoms with Crippen LogP contribution in [0.3, 0.4) is 0 Å². The normalized spacial score (nSPS) is 11.2. The van der Waals surface area contributed by atoms with Gasteiger partial charge in [-0.3, -0.25) is 14.4 Å². The first kappa shape index (κ1) is 22.3. The Kier molecular flexibility index (Phi) is 6.95. The smallest absolute Gasteiger partial charge is 0.313 e. The lowest BCUT2D eigenvalue weighted by atomic mass is 10.1. The van der Waals surface area contributed by atoms with E-state index < -0.39 is 5.97 Å². The number of esters is 1. The number of carbonyl (C=O) groups excluding carboxylic acids is 3. The molecule has 0 spiro atoms. The first-order valence-electron chi connectivity index (χ1n) is 9.79. The fourth-order valence-electron chi connectivity index (χ4n) is 2.43. The van der Waals surface area contributed by atoms with Crippen molar-refractivity contribution in [1.82, 2.24) is 4.98 Å². The Bertz CT molecular complexity index is 949. The number of nitrogens with zero attached hydrogens (tertiary/aromatic N) is 1. The number of hydrogen-bond donors (Lipinski definition) is 2. The molecule has 2 amide bonds. The van der Waals surface area contributed by atoms with Gasteiger partial charge in [-0.25, -0.2) is 4.98 Å². The van der Waals surface area contributed by atoms with E-state index in [0.29, 0.717) is 28.0 Å². The Labute approximate surface area is 171 Å². The molecule has 0 atom stereocenters. The third-order valence-corrected chi connectivity index (χ3v) is 4.31. The van der Waals surface area contributed by atoms with Gasteiger partial charge in [0.05, 0.1) is 17.3 Å². The average molecular weight is 399 g/mol. The summed E-state index contributed by atoms with van der Waals surface area (Å²) in [6.45, 7) is 12.4. The quantitative estimate of drug-likeness (QED) is 0.558. The van der Waals surface area contributed by atoms with Gasteiger partial charge in [-0.15, -0.1) is 0 Å². The molecule has 0 unspecified atom stereocenters. The van der Waals surface area contributed by atoms with E-state index in [-0.39, 0.29) is 35.3 Å². The van der Waals surface area contributed by atoms with Crippen molar-refractivity contribution in [1.29, 1.82) is 0 Å². The van der Waals surface area contributed by atoms with Crippen molar-refractivity contribution >= 4 is 40.1 Å². The van der Waals surface area contributed by atoms with Crippen LogP contribution < -0.4 is 15.4 Å². The van der Waals surface area contributed by atoms with Crippen LogP contribution in [0.25, 0.3) is 10.9 Å². The van der Waals surface area contributed by atoms with Gasteiger partial charge in [-0.05, 0) is 25.1 Å². The zero-order valence-electron chi connectivity index (χ0n) is 18.0. The lowest BCUT2D eigenvalue weighted by Crippen LogP contribution is -2.22. The Balaban J connectivity index is 2.73. The molecule has 0 aliphatic rings. The molecule has 0 aliphatic carbocycles. The van der Waals surface area contributed by atoms with Crippen molar-refractivity contribution in [2.24, 2.45) is 17.8 Å². The number of aryl methyl sites for hydroxylation is 1. The number of pyridine rings is 1. The van der Waals surface area contributed by atoms with Crippen LogP contribution >= 0.6 is 0 Å². The molecule has 0 saturated carbocycles. The maximum atomic E-state index is 12.4. The van der Waals surface area contributed by atoms with E-state index in [2.05, 4.69) is 15.6 Å². The molecule has 0 aliphatic heterocycles. The fourth-order valence-corrected chi connectivity index (χ4v) is 2.43. The summed E-state index contributed by atoms with van der Waals surface area (Å²) in [4.78, 5) is 41.5. The van der Waals surface area contributed by atoms with Gasteiger partial charge in [0.25, 0.3) is 0 Å². The number of benzene rings is 1. The Morgan fingerprint density at radius 1 is 0.862 bits per heavy atom. The predicted octanol–water partition coefficient (Wildman–Crippen LogP) is 4.29. The van der Waals surface area contributed by atoms with E-state index >= 15 is 0 Å². The highest BCUT2D eigenvalue weighted by atomic mass is 16.5. The first-order valence-corrected chi connectivity index (χ1v) is 9.79. The summed E-state index contributed by atoms with van der Waals surface area (Å²) >= 11 is 0. The minimum absolute atomic E-state index is 0.167. The summed E-state index contributed by atoms with van der Waals surface area (Å²) in [5.74, 6) is -1.52. The Morgan fingerprint density at radius 2 is 1.41 bits per heavy atom. The highest BCUT2D eigenvalue weighted by molar-refractivity contribution is 6.08. The average Bonchev–Trinajstić information content (AvgIpc) is 2.63. The molecule has 0 radical (unpaired) electrons. The number of anilines is 2. The van der Waals surface area contributed by atoms with E-state index in [1.807, 2.05) is 19.1 Å². The van der Waals surface area contributed by atoms with Gasteiger partial charge in [0.2, 0.25) is 11.8 Å². The van der Waals surface area contributed by atoms with Crippen LogP contribution in [0.1, 0.15) is 47.2 Å². The van der Waals surface area contributed by atoms with Crippen LogP contribution in [-0.2, 0) is 14.4 Å². The summed E-state index contributed by atoms with van der Waals surface area (Å²) in [6.07, 6.45) is 0. The number of aromatic nitrogens is 1. The van der Waals surface area contributed by atoms with Crippen molar-refractivity contribution in [3.63, 3.8) is 0 Å². The van der Waals surface area contributed by atoms with Crippen LogP contribution in [0, 0.1) is 24.7 Å². The van der Waals surface area contributed by atoms with Gasteiger partial charge < -0.3 is 15.4 Å². The van der Waals surface area contributed by atoms with Crippen molar-refractivity contribution in [3.8, 4) is 5.75 Å². The van der Waals surface area contributed by atoms with Gasteiger partial charge in [0.1, 0.15) is 5.52 Å². The van der Waals surface area contributed by atoms with E-state index in [1.165, 1.54) is 0 Å². The monoisotopic (exact) mass is 399 g/mol. The van der Waals surface area contributed by atoms with Gasteiger partial charge in [0.15, 0.2) is 5.75 Å². The topological polar surface area (TPSA) is 97.4 Å². The minimum atomic E-state index is -0.436. The molecule has 2 aromatic rings. The number of nitrogens with one attached hydrogen (secondary N) is 2. The van der Waals surface area contributed by atoms with Gasteiger partial charge in [-0.2, -0.15) is 0 Å². The number of fused-ring (bicyclic) bond motifs is 1. The van der Waals surface area contributed by atoms with Gasteiger partial charge >= 0.3 is 5.97 Å². The summed E-state index contributed by atoms with van der Waals surface area (Å²) in [5, 5.41) is 6.30. The SMILES string of the molecule is Cc1ccc2c(NC(=O)C(C)C)cc(NC(=O)C(C)C)c(OC(=O)C(C)C)c2n1. The molecule has 1 heterocycles. The fraction of sp³-hybridized carbons (Fsp3) is 0.455. The minimum Gasteiger partial charge on any atom is -0.422 e. The van der Waals surface area contributed by atoms with Crippen molar-refractivity contribution < 1.29 is 19.1 Å². The van der Waals surface area contributed by atoms with Crippen LogP contribution in [0.15, 0.2) is 18.2 Å². The molecular weight excluding hydrogens is 370 g/mol. The standard InChI is InChI=1S/C22H29N3O4/c1-11(2)20(26)24-16-10-17(25-21(27)12(3)4)19(29-22(28)13(5)6)18-15(16)9-8-14(7)23-18/h8-13H,1-7H3,(H,24,26)(H,25,27). The highest BCUT2D eigenvalue weighted by Gasteiger charge is 2.22. The molecule has 29 heavy (non-hydrogen) atoms. The van der Waals surface area contributed by atoms with Crippen LogP contribution in [-0.4, -0.2) is 22.8 Å². The van der Waals surface area contributed by atoms with E-state index in [9.17, 15) is 14.4 Å². The summed E-state index contributed by atoms with van der Waals surface area (Å²) in [6, 6.07) is 5.24. The van der Waals surface area contributed by atoms with Crippen LogP contribution in [0.5, 0.6) is 5.75 Å². The van der Waals surface area contributed by atoms with E-state index in [0.717, 1.165) is 0 Å². The number of amides is 2. The zero-order chi connectivity index (χ0) is 21.9. The molecule has 1 aromatic carbocycles. The number of hydrogen-bond acceptors (Lipinski definition) is 5. The second-order valence-corrected chi connectivity index (χ2v) is 8.01. The highest BCUT2D eigenvalue weighted by Crippen LogP contribution is 2.39. The summed E-state index contributed by atoms with van der Waals surface area (Å²) in [7, 11) is 0. The van der Waals surface area contributed by atoms with Crippen molar-refractivity contribution in [2.75, 3.05) is 10.6 Å². The molecule has 2 N–H and O–H groups in total. The zero-order valence-corrected chi connectivity index (χ0v) is 18.0. The lowest BCUT2D eigenvalue weighted by molar-refractivity contribution is -0.137. The molecular formula is C22H29N3O4. The lowest BCUT2D eigenvalue weighted by Gasteiger charge is -2.19. The summed E-state index contributed by atoms with van der Waals surface area (Å²) in [5.41, 5.74) is 1.91. The maximum absolute atomic E-state index is 12.4. The predicted molar refractivity (Wildman–Crippen MR) is 114 cm³/mol. The Morgan fingerprint density at radius 3 is 1.93 bits per heavy atom. The van der Waals surface area contributed by atoms with Crippen molar-refractivity contribution in [3.05, 3.63) is 23.9 Å².